The average Bonchev–Trinajstić information content (AvgIpc) is 3.21. The zero-order chi connectivity index (χ0) is 20.2. The fraction of sp³-hybridized carbons (Fsp3) is 0.773. The third-order valence-corrected chi connectivity index (χ3v) is 7.97. The molecular formula is C22H34N4O2S. The first-order valence-electron chi connectivity index (χ1n) is 11.4. The highest BCUT2D eigenvalue weighted by atomic mass is 32.1. The molecule has 0 aromatic carbocycles. The van der Waals surface area contributed by atoms with Gasteiger partial charge in [0.2, 0.25) is 11.8 Å². The maximum absolute atomic E-state index is 12.7. The van der Waals surface area contributed by atoms with Crippen molar-refractivity contribution < 1.29 is 9.59 Å². The van der Waals surface area contributed by atoms with Crippen molar-refractivity contribution in [3.63, 3.8) is 0 Å². The highest BCUT2D eigenvalue weighted by molar-refractivity contribution is 7.15. The van der Waals surface area contributed by atoms with Crippen LogP contribution in [0.4, 0.5) is 5.13 Å². The van der Waals surface area contributed by atoms with Gasteiger partial charge in [0, 0.05) is 49.9 Å². The molecule has 4 rings (SSSR count). The molecule has 29 heavy (non-hydrogen) atoms. The summed E-state index contributed by atoms with van der Waals surface area (Å²) in [6.45, 7) is 6.04. The Morgan fingerprint density at radius 1 is 1.10 bits per heavy atom. The maximum atomic E-state index is 12.7. The Morgan fingerprint density at radius 2 is 1.86 bits per heavy atom. The third kappa shape index (κ3) is 4.93. The Hall–Kier alpha value is -1.63. The first-order chi connectivity index (χ1) is 14.1. The van der Waals surface area contributed by atoms with Crippen molar-refractivity contribution in [1.29, 1.82) is 0 Å². The van der Waals surface area contributed by atoms with E-state index in [9.17, 15) is 9.59 Å². The topological polar surface area (TPSA) is 65.5 Å². The van der Waals surface area contributed by atoms with Crippen LogP contribution in [-0.2, 0) is 22.4 Å². The number of hydrogen-bond donors (Lipinski definition) is 1. The second kappa shape index (κ2) is 9.45. The molecule has 2 heterocycles. The summed E-state index contributed by atoms with van der Waals surface area (Å²) in [7, 11) is 0. The molecule has 1 N–H and O–H groups in total. The standard InChI is InChI=1S/C22H34N4O2S/c1-2-20(27)25-10-12-26(13-11-25)22-24-18-9-8-17(14-19(18)29-22)21(28)23-15-16-6-4-3-5-7-16/h16-17H,2-15H2,1H3,(H,23,28)/t17-/m0/s1. The van der Waals surface area contributed by atoms with Crippen molar-refractivity contribution in [2.75, 3.05) is 37.6 Å². The summed E-state index contributed by atoms with van der Waals surface area (Å²) < 4.78 is 0. The monoisotopic (exact) mass is 418 g/mol. The van der Waals surface area contributed by atoms with E-state index < -0.39 is 0 Å². The second-order valence-electron chi connectivity index (χ2n) is 8.78. The summed E-state index contributed by atoms with van der Waals surface area (Å²) in [5.41, 5.74) is 1.19. The van der Waals surface area contributed by atoms with Gasteiger partial charge >= 0.3 is 0 Å². The number of piperazine rings is 1. The lowest BCUT2D eigenvalue weighted by Gasteiger charge is -2.34. The van der Waals surface area contributed by atoms with Crippen LogP contribution in [0.3, 0.4) is 0 Å². The highest BCUT2D eigenvalue weighted by Crippen LogP contribution is 2.34. The zero-order valence-corrected chi connectivity index (χ0v) is 18.4. The molecule has 0 spiro atoms. The molecule has 1 atom stereocenters. The van der Waals surface area contributed by atoms with Crippen LogP contribution in [0.5, 0.6) is 0 Å². The van der Waals surface area contributed by atoms with E-state index in [1.165, 1.54) is 42.7 Å². The number of hydrogen-bond acceptors (Lipinski definition) is 5. The van der Waals surface area contributed by atoms with Crippen molar-refractivity contribution in [3.05, 3.63) is 10.6 Å². The van der Waals surface area contributed by atoms with Gasteiger partial charge in [-0.3, -0.25) is 9.59 Å². The molecular weight excluding hydrogens is 384 g/mol. The lowest BCUT2D eigenvalue weighted by Crippen LogP contribution is -2.48. The normalized spacial score (nSPS) is 23.0. The number of nitrogens with zero attached hydrogens (tertiary/aromatic N) is 3. The second-order valence-corrected chi connectivity index (χ2v) is 9.84. The Morgan fingerprint density at radius 3 is 2.59 bits per heavy atom. The molecule has 0 unspecified atom stereocenters. The molecule has 2 amide bonds. The number of aryl methyl sites for hydroxylation is 1. The van der Waals surface area contributed by atoms with Gasteiger partial charge in [-0.05, 0) is 38.0 Å². The number of anilines is 1. The maximum Gasteiger partial charge on any atom is 0.223 e. The fourth-order valence-corrected chi connectivity index (χ4v) is 6.11. The predicted molar refractivity (Wildman–Crippen MR) is 116 cm³/mol. The van der Waals surface area contributed by atoms with Gasteiger partial charge < -0.3 is 15.1 Å². The van der Waals surface area contributed by atoms with E-state index in [1.54, 1.807) is 11.3 Å². The first-order valence-corrected chi connectivity index (χ1v) is 12.2. The fourth-order valence-electron chi connectivity index (χ4n) is 4.87. The van der Waals surface area contributed by atoms with Crippen LogP contribution in [0.2, 0.25) is 0 Å². The Kier molecular flexibility index (Phi) is 6.73. The van der Waals surface area contributed by atoms with Gasteiger partial charge in [0.25, 0.3) is 0 Å². The summed E-state index contributed by atoms with van der Waals surface area (Å²) >= 11 is 1.76. The lowest BCUT2D eigenvalue weighted by atomic mass is 9.88. The molecule has 1 aliphatic heterocycles. The van der Waals surface area contributed by atoms with Gasteiger partial charge in [0.15, 0.2) is 5.13 Å². The predicted octanol–water partition coefficient (Wildman–Crippen LogP) is 3.00. The van der Waals surface area contributed by atoms with E-state index in [0.29, 0.717) is 12.3 Å². The minimum Gasteiger partial charge on any atom is -0.356 e. The van der Waals surface area contributed by atoms with Crippen LogP contribution in [0.25, 0.3) is 0 Å². The molecule has 2 fully saturated rings. The molecule has 1 aromatic heterocycles. The number of carbonyl (C=O) groups excluding carboxylic acids is 2. The van der Waals surface area contributed by atoms with Crippen LogP contribution in [0.15, 0.2) is 0 Å². The van der Waals surface area contributed by atoms with Crippen LogP contribution < -0.4 is 10.2 Å². The minimum atomic E-state index is 0.0958. The highest BCUT2D eigenvalue weighted by Gasteiger charge is 2.30. The van der Waals surface area contributed by atoms with Crippen LogP contribution in [0.1, 0.15) is 62.4 Å². The van der Waals surface area contributed by atoms with Crippen LogP contribution in [0, 0.1) is 11.8 Å². The molecule has 3 aliphatic rings. The first kappa shape index (κ1) is 20.6. The molecule has 1 saturated carbocycles. The molecule has 1 saturated heterocycles. The summed E-state index contributed by atoms with van der Waals surface area (Å²) in [5, 5.41) is 4.31. The number of thiazole rings is 1. The van der Waals surface area contributed by atoms with E-state index >= 15 is 0 Å². The summed E-state index contributed by atoms with van der Waals surface area (Å²) in [6, 6.07) is 0. The van der Waals surface area contributed by atoms with E-state index in [-0.39, 0.29) is 17.7 Å². The smallest absolute Gasteiger partial charge is 0.223 e. The Bertz CT molecular complexity index is 720. The molecule has 0 radical (unpaired) electrons. The van der Waals surface area contributed by atoms with E-state index in [0.717, 1.165) is 57.1 Å². The number of nitrogens with one attached hydrogen (secondary N) is 1. The summed E-state index contributed by atoms with van der Waals surface area (Å²) in [5.74, 6) is 1.26. The van der Waals surface area contributed by atoms with Crippen LogP contribution in [-0.4, -0.2) is 54.4 Å². The molecule has 2 aliphatic carbocycles. The number of rotatable bonds is 5. The number of amides is 2. The quantitative estimate of drug-likeness (QED) is 0.798. The zero-order valence-electron chi connectivity index (χ0n) is 17.6. The minimum absolute atomic E-state index is 0.0958. The number of fused-ring (bicyclic) bond motifs is 1. The lowest BCUT2D eigenvalue weighted by molar-refractivity contribution is -0.131. The van der Waals surface area contributed by atoms with E-state index in [2.05, 4.69) is 10.2 Å². The van der Waals surface area contributed by atoms with Crippen molar-refractivity contribution in [1.82, 2.24) is 15.2 Å². The molecule has 1 aromatic rings. The van der Waals surface area contributed by atoms with Crippen molar-refractivity contribution >= 4 is 28.3 Å². The van der Waals surface area contributed by atoms with Crippen molar-refractivity contribution in [3.8, 4) is 0 Å². The van der Waals surface area contributed by atoms with Gasteiger partial charge in [-0.25, -0.2) is 4.98 Å². The van der Waals surface area contributed by atoms with Gasteiger partial charge in [0.05, 0.1) is 5.69 Å². The van der Waals surface area contributed by atoms with E-state index in [4.69, 9.17) is 4.98 Å². The SMILES string of the molecule is CCC(=O)N1CCN(c2nc3c(s2)C[C@@H](C(=O)NCC2CCCCC2)CC3)CC1. The van der Waals surface area contributed by atoms with Gasteiger partial charge in [-0.1, -0.05) is 26.2 Å². The molecule has 0 bridgehead atoms. The van der Waals surface area contributed by atoms with Crippen molar-refractivity contribution in [2.45, 2.75) is 64.7 Å². The Balaban J connectivity index is 1.29. The largest absolute Gasteiger partial charge is 0.356 e. The molecule has 6 nitrogen and oxygen atoms in total. The molecule has 160 valence electrons. The van der Waals surface area contributed by atoms with Gasteiger partial charge in [-0.15, -0.1) is 11.3 Å². The average molecular weight is 419 g/mol. The van der Waals surface area contributed by atoms with Crippen LogP contribution >= 0.6 is 11.3 Å². The summed E-state index contributed by atoms with van der Waals surface area (Å²) in [4.78, 5) is 35.0. The van der Waals surface area contributed by atoms with Gasteiger partial charge in [-0.2, -0.15) is 0 Å². The van der Waals surface area contributed by atoms with Gasteiger partial charge in [0.1, 0.15) is 0 Å². The number of aromatic nitrogens is 1. The Labute approximate surface area is 178 Å². The third-order valence-electron chi connectivity index (χ3n) is 6.79. The van der Waals surface area contributed by atoms with E-state index in [1.807, 2.05) is 11.8 Å². The van der Waals surface area contributed by atoms with Crippen molar-refractivity contribution in [2.24, 2.45) is 11.8 Å². The molecule has 7 heteroatoms. The summed E-state index contributed by atoms with van der Waals surface area (Å²) in [6.07, 6.45) is 9.75. The number of carbonyl (C=O) groups is 2.